The molecule has 3 aromatic rings. The fourth-order valence-corrected chi connectivity index (χ4v) is 3.57. The Kier molecular flexibility index (Phi) is 6.23. The molecule has 0 aromatic heterocycles. The third-order valence-electron chi connectivity index (χ3n) is 4.92. The van der Waals surface area contributed by atoms with Crippen molar-refractivity contribution >= 4 is 35.0 Å². The van der Waals surface area contributed by atoms with E-state index < -0.39 is 0 Å². The number of hydrogen-bond acceptors (Lipinski definition) is 4. The number of para-hydroxylation sites is 1. The number of benzene rings is 3. The summed E-state index contributed by atoms with van der Waals surface area (Å²) >= 11 is 6.47. The van der Waals surface area contributed by atoms with Crippen LogP contribution in [-0.4, -0.2) is 18.7 Å². The van der Waals surface area contributed by atoms with E-state index in [0.717, 1.165) is 5.56 Å². The lowest BCUT2D eigenvalue weighted by atomic mass is 10.1. The van der Waals surface area contributed by atoms with Gasteiger partial charge in [0.15, 0.2) is 11.5 Å². The predicted molar refractivity (Wildman–Crippen MR) is 124 cm³/mol. The van der Waals surface area contributed by atoms with Gasteiger partial charge in [0.25, 0.3) is 5.91 Å². The fourth-order valence-electron chi connectivity index (χ4n) is 3.29. The number of hydrazone groups is 1. The molecule has 1 amide bonds. The molecule has 0 N–H and O–H groups in total. The molecule has 0 bridgehead atoms. The minimum absolute atomic E-state index is 0.201. The smallest absolute Gasteiger partial charge is 0.280 e. The minimum Gasteiger partial charge on any atom is -0.493 e. The molecule has 5 nitrogen and oxygen atoms in total. The molecule has 7 heteroatoms. The van der Waals surface area contributed by atoms with Crippen LogP contribution >= 0.6 is 11.6 Å². The van der Waals surface area contributed by atoms with E-state index in [1.807, 2.05) is 30.3 Å². The van der Waals surface area contributed by atoms with Crippen molar-refractivity contribution in [3.8, 4) is 11.5 Å². The molecular weight excluding hydrogens is 431 g/mol. The van der Waals surface area contributed by atoms with E-state index >= 15 is 0 Å². The Bertz CT molecular complexity index is 1210. The molecule has 3 aromatic carbocycles. The average Bonchev–Trinajstić information content (AvgIpc) is 3.08. The van der Waals surface area contributed by atoms with Crippen LogP contribution in [0.15, 0.2) is 77.4 Å². The predicted octanol–water partition coefficient (Wildman–Crippen LogP) is 5.87. The first-order chi connectivity index (χ1) is 15.5. The normalized spacial score (nSPS) is 14.6. The maximum atomic E-state index is 13.1. The van der Waals surface area contributed by atoms with Crippen LogP contribution in [0.4, 0.5) is 10.1 Å². The summed E-state index contributed by atoms with van der Waals surface area (Å²) < 4.78 is 24.4. The summed E-state index contributed by atoms with van der Waals surface area (Å²) in [6.45, 7) is 1.98. The standard InChI is InChI=1S/C25H20ClFN2O3/c1-16-21(25(30)29(28-16)20-6-4-3-5-7-20)12-18-13-22(26)24(23(14-18)31-2)32-15-17-8-10-19(27)11-9-17/h3-14H,15H2,1-2H3/b21-12+. The molecule has 1 aliphatic rings. The molecule has 1 aliphatic heterocycles. The highest BCUT2D eigenvalue weighted by Gasteiger charge is 2.28. The molecule has 0 fully saturated rings. The lowest BCUT2D eigenvalue weighted by Crippen LogP contribution is -2.21. The van der Waals surface area contributed by atoms with Crippen LogP contribution in [0.5, 0.6) is 11.5 Å². The summed E-state index contributed by atoms with van der Waals surface area (Å²) in [7, 11) is 1.51. The van der Waals surface area contributed by atoms with Crippen molar-refractivity contribution in [2.75, 3.05) is 12.1 Å². The molecule has 0 saturated carbocycles. The van der Waals surface area contributed by atoms with Gasteiger partial charge in [0.1, 0.15) is 12.4 Å². The van der Waals surface area contributed by atoms with E-state index in [-0.39, 0.29) is 18.3 Å². The lowest BCUT2D eigenvalue weighted by Gasteiger charge is -2.14. The molecule has 4 rings (SSSR count). The number of carbonyl (C=O) groups excluding carboxylic acids is 1. The van der Waals surface area contributed by atoms with E-state index in [4.69, 9.17) is 21.1 Å². The fraction of sp³-hybridized carbons (Fsp3) is 0.120. The topological polar surface area (TPSA) is 51.1 Å². The SMILES string of the molecule is COc1cc(/C=C2/C(=O)N(c3ccccc3)N=C2C)cc(Cl)c1OCc1ccc(F)cc1. The molecule has 0 spiro atoms. The number of halogens is 2. The molecule has 32 heavy (non-hydrogen) atoms. The number of rotatable bonds is 6. The van der Waals surface area contributed by atoms with Gasteiger partial charge in [-0.15, -0.1) is 0 Å². The van der Waals surface area contributed by atoms with Gasteiger partial charge in [0, 0.05) is 0 Å². The zero-order valence-electron chi connectivity index (χ0n) is 17.5. The molecular formula is C25H20ClFN2O3. The molecule has 0 radical (unpaired) electrons. The molecule has 0 saturated heterocycles. The van der Waals surface area contributed by atoms with Crippen LogP contribution in [0.1, 0.15) is 18.1 Å². The van der Waals surface area contributed by atoms with Gasteiger partial charge >= 0.3 is 0 Å². The number of anilines is 1. The largest absolute Gasteiger partial charge is 0.493 e. The summed E-state index contributed by atoms with van der Waals surface area (Å²) in [5.41, 5.74) is 3.23. The van der Waals surface area contributed by atoms with Crippen LogP contribution < -0.4 is 14.5 Å². The number of amides is 1. The lowest BCUT2D eigenvalue weighted by molar-refractivity contribution is -0.114. The molecule has 0 aliphatic carbocycles. The number of ether oxygens (including phenoxy) is 2. The van der Waals surface area contributed by atoms with Crippen molar-refractivity contribution in [1.29, 1.82) is 0 Å². The Morgan fingerprint density at radius 2 is 1.81 bits per heavy atom. The van der Waals surface area contributed by atoms with Crippen molar-refractivity contribution in [1.82, 2.24) is 0 Å². The van der Waals surface area contributed by atoms with Gasteiger partial charge in [0.2, 0.25) is 0 Å². The number of hydrogen-bond donors (Lipinski definition) is 0. The zero-order chi connectivity index (χ0) is 22.7. The van der Waals surface area contributed by atoms with Gasteiger partial charge in [-0.3, -0.25) is 4.79 Å². The van der Waals surface area contributed by atoms with Crippen molar-refractivity contribution in [2.24, 2.45) is 5.10 Å². The van der Waals surface area contributed by atoms with E-state index in [1.165, 1.54) is 24.3 Å². The third kappa shape index (κ3) is 4.50. The third-order valence-corrected chi connectivity index (χ3v) is 5.20. The van der Waals surface area contributed by atoms with Crippen LogP contribution in [0.2, 0.25) is 5.02 Å². The number of methoxy groups -OCH3 is 1. The summed E-state index contributed by atoms with van der Waals surface area (Å²) in [5, 5.41) is 6.09. The maximum absolute atomic E-state index is 13.1. The monoisotopic (exact) mass is 450 g/mol. The van der Waals surface area contributed by atoms with E-state index in [9.17, 15) is 9.18 Å². The molecule has 0 atom stereocenters. The Balaban J connectivity index is 1.59. The highest BCUT2D eigenvalue weighted by atomic mass is 35.5. The molecule has 1 heterocycles. The summed E-state index contributed by atoms with van der Waals surface area (Å²) in [5.74, 6) is 0.259. The van der Waals surface area contributed by atoms with Gasteiger partial charge in [0.05, 0.1) is 29.1 Å². The molecule has 162 valence electrons. The quantitative estimate of drug-likeness (QED) is 0.441. The van der Waals surface area contributed by atoms with Gasteiger partial charge in [-0.2, -0.15) is 10.1 Å². The minimum atomic E-state index is -0.312. The van der Waals surface area contributed by atoms with E-state index in [2.05, 4.69) is 5.10 Å². The van der Waals surface area contributed by atoms with Crippen molar-refractivity contribution < 1.29 is 18.7 Å². The highest BCUT2D eigenvalue weighted by molar-refractivity contribution is 6.33. The second kappa shape index (κ2) is 9.24. The van der Waals surface area contributed by atoms with E-state index in [1.54, 1.807) is 37.3 Å². The average molecular weight is 451 g/mol. The second-order valence-electron chi connectivity index (χ2n) is 7.15. The Morgan fingerprint density at radius 1 is 1.09 bits per heavy atom. The Labute approximate surface area is 190 Å². The van der Waals surface area contributed by atoms with Gasteiger partial charge in [-0.05, 0) is 60.5 Å². The van der Waals surface area contributed by atoms with E-state index in [0.29, 0.717) is 39.1 Å². The van der Waals surface area contributed by atoms with Crippen molar-refractivity contribution in [3.05, 3.63) is 94.3 Å². The first-order valence-electron chi connectivity index (χ1n) is 9.88. The second-order valence-corrected chi connectivity index (χ2v) is 7.55. The summed E-state index contributed by atoms with van der Waals surface area (Å²) in [4.78, 5) is 12.9. The van der Waals surface area contributed by atoms with Crippen LogP contribution in [-0.2, 0) is 11.4 Å². The number of carbonyl (C=O) groups is 1. The zero-order valence-corrected chi connectivity index (χ0v) is 18.3. The van der Waals surface area contributed by atoms with Crippen LogP contribution in [0.25, 0.3) is 6.08 Å². The van der Waals surface area contributed by atoms with Gasteiger partial charge in [-0.25, -0.2) is 4.39 Å². The number of nitrogens with zero attached hydrogens (tertiary/aromatic N) is 2. The summed E-state index contributed by atoms with van der Waals surface area (Å²) in [6, 6.07) is 18.7. The molecule has 0 unspecified atom stereocenters. The Morgan fingerprint density at radius 3 is 2.50 bits per heavy atom. The first kappa shape index (κ1) is 21.6. The van der Waals surface area contributed by atoms with Gasteiger partial charge < -0.3 is 9.47 Å². The Hall–Kier alpha value is -3.64. The van der Waals surface area contributed by atoms with Crippen molar-refractivity contribution in [3.63, 3.8) is 0 Å². The van der Waals surface area contributed by atoms with Crippen molar-refractivity contribution in [2.45, 2.75) is 13.5 Å². The van der Waals surface area contributed by atoms with Gasteiger partial charge in [-0.1, -0.05) is 41.9 Å². The maximum Gasteiger partial charge on any atom is 0.280 e. The van der Waals surface area contributed by atoms with Crippen LogP contribution in [0.3, 0.4) is 0 Å². The first-order valence-corrected chi connectivity index (χ1v) is 10.3. The highest BCUT2D eigenvalue weighted by Crippen LogP contribution is 2.38. The van der Waals surface area contributed by atoms with Crippen LogP contribution in [0, 0.1) is 5.82 Å². The summed E-state index contributed by atoms with van der Waals surface area (Å²) in [6.07, 6.45) is 1.72.